The summed E-state index contributed by atoms with van der Waals surface area (Å²) < 4.78 is 58.2. The number of nitrogens with one attached hydrogen (secondary N) is 3. The Morgan fingerprint density at radius 3 is 1.39 bits per heavy atom. The maximum absolute atomic E-state index is 13.4. The third kappa shape index (κ3) is 6.06. The first-order chi connectivity index (χ1) is 21.6. The zero-order valence-corrected chi connectivity index (χ0v) is 25.5. The van der Waals surface area contributed by atoms with Crippen LogP contribution in [0.5, 0.6) is 0 Å². The molecule has 5 N–H and O–H groups in total. The van der Waals surface area contributed by atoms with Gasteiger partial charge in [0.1, 0.15) is 0 Å². The topological polar surface area (TPSA) is 246 Å². The number of nitro groups is 2. The van der Waals surface area contributed by atoms with E-state index in [1.165, 1.54) is 24.3 Å². The fourth-order valence-electron chi connectivity index (χ4n) is 4.75. The van der Waals surface area contributed by atoms with Gasteiger partial charge < -0.3 is 5.73 Å². The number of carbonyl (C=O) groups excluding carboxylic acids is 1. The van der Waals surface area contributed by atoms with Crippen LogP contribution in [-0.4, -0.2) is 38.4 Å². The molecule has 0 bridgehead atoms. The maximum Gasteiger partial charge on any atom is 0.332 e. The van der Waals surface area contributed by atoms with E-state index < -0.39 is 73.9 Å². The second-order valence-electron chi connectivity index (χ2n) is 10.1. The van der Waals surface area contributed by atoms with Crippen molar-refractivity contribution in [2.45, 2.75) is 23.6 Å². The number of rotatable bonds is 9. The van der Waals surface area contributed by atoms with E-state index in [0.29, 0.717) is 0 Å². The van der Waals surface area contributed by atoms with Crippen LogP contribution in [0.25, 0.3) is 11.1 Å². The first-order valence-corrected chi connectivity index (χ1v) is 16.0. The molecule has 4 aromatic carbocycles. The summed E-state index contributed by atoms with van der Waals surface area (Å²) in [7, 11) is -9.01. The number of hydrazone groups is 1. The number of fused-ring (bicyclic) bond motifs is 3. The van der Waals surface area contributed by atoms with Crippen molar-refractivity contribution in [2.24, 2.45) is 10.8 Å². The maximum atomic E-state index is 13.4. The van der Waals surface area contributed by atoms with E-state index in [9.17, 15) is 41.9 Å². The van der Waals surface area contributed by atoms with Crippen LogP contribution in [0.2, 0.25) is 0 Å². The normalized spacial score (nSPS) is 12.1. The van der Waals surface area contributed by atoms with Crippen LogP contribution in [0.15, 0.2) is 87.7 Å². The SMILES string of the molecule is Cc1ccc(NS(=O)(=O)c2cc3c(c([N+](=O)[O-])c2)-c2c(cc(S(=O)(=O)Nc4ccc(C)cc4)cc2[N+](=O)[O-])C3=NNC(N)=O)cc1. The molecule has 5 rings (SSSR count). The minimum absolute atomic E-state index is 0.146. The summed E-state index contributed by atoms with van der Waals surface area (Å²) in [5.74, 6) is 0. The Bertz CT molecular complexity index is 2050. The van der Waals surface area contributed by atoms with Gasteiger partial charge in [-0.2, -0.15) is 5.10 Å². The highest BCUT2D eigenvalue weighted by atomic mass is 32.2. The molecule has 18 heteroatoms. The predicted octanol–water partition coefficient (Wildman–Crippen LogP) is 4.12. The number of benzene rings is 4. The number of amides is 2. The molecule has 1 aliphatic carbocycles. The average molecular weight is 666 g/mol. The lowest BCUT2D eigenvalue weighted by Crippen LogP contribution is -2.26. The van der Waals surface area contributed by atoms with Gasteiger partial charge in [-0.25, -0.2) is 27.1 Å². The zero-order chi connectivity index (χ0) is 33.6. The molecule has 2 amide bonds. The molecular weight excluding hydrogens is 642 g/mol. The Morgan fingerprint density at radius 2 is 1.07 bits per heavy atom. The lowest BCUT2D eigenvalue weighted by molar-refractivity contribution is -0.386. The Hall–Kier alpha value is -5.88. The number of anilines is 2. The number of aryl methyl sites for hydroxylation is 2. The summed E-state index contributed by atoms with van der Waals surface area (Å²) >= 11 is 0. The predicted molar refractivity (Wildman–Crippen MR) is 168 cm³/mol. The molecule has 46 heavy (non-hydrogen) atoms. The molecule has 236 valence electrons. The molecule has 0 radical (unpaired) electrons. The molecule has 0 aromatic heterocycles. The summed E-state index contributed by atoms with van der Waals surface area (Å²) in [6, 6.07) is 14.6. The second-order valence-corrected chi connectivity index (χ2v) is 13.5. The van der Waals surface area contributed by atoms with Crippen molar-refractivity contribution in [3.05, 3.63) is 115 Å². The number of nitrogens with zero attached hydrogens (tertiary/aromatic N) is 3. The van der Waals surface area contributed by atoms with Crippen LogP contribution in [-0.2, 0) is 20.0 Å². The summed E-state index contributed by atoms with van der Waals surface area (Å²) in [4.78, 5) is 33.2. The van der Waals surface area contributed by atoms with Crippen LogP contribution in [0.1, 0.15) is 22.3 Å². The van der Waals surface area contributed by atoms with Gasteiger partial charge in [0.2, 0.25) is 0 Å². The smallest absolute Gasteiger partial charge is 0.332 e. The Morgan fingerprint density at radius 1 is 0.696 bits per heavy atom. The van der Waals surface area contributed by atoms with Gasteiger partial charge in [0.25, 0.3) is 31.4 Å². The first-order valence-electron chi connectivity index (χ1n) is 13.1. The Kier molecular flexibility index (Phi) is 7.93. The van der Waals surface area contributed by atoms with E-state index in [1.807, 2.05) is 5.43 Å². The van der Waals surface area contributed by atoms with Crippen LogP contribution in [0, 0.1) is 34.1 Å². The van der Waals surface area contributed by atoms with Crippen LogP contribution < -0.4 is 20.6 Å². The molecule has 0 heterocycles. The molecule has 4 aromatic rings. The van der Waals surface area contributed by atoms with Gasteiger partial charge in [0.05, 0.1) is 36.5 Å². The summed E-state index contributed by atoms with van der Waals surface area (Å²) in [5, 5.41) is 28.5. The van der Waals surface area contributed by atoms with Gasteiger partial charge in [0, 0.05) is 34.6 Å². The van der Waals surface area contributed by atoms with E-state index in [2.05, 4.69) is 14.5 Å². The van der Waals surface area contributed by atoms with Crippen molar-refractivity contribution in [3.8, 4) is 11.1 Å². The average Bonchev–Trinajstić information content (AvgIpc) is 3.30. The number of primary amides is 1. The van der Waals surface area contributed by atoms with E-state index in [1.54, 1.807) is 38.1 Å². The molecule has 0 unspecified atom stereocenters. The minimum atomic E-state index is -4.50. The standard InChI is InChI=1S/C28H23N7O9S2/c1-15-3-7-17(8-4-15)32-45(41,42)19-11-21-25(23(13-19)34(37)38)26-22(27(21)30-31-28(29)36)12-20(14-24(26)35(39)40)46(43,44)33-18-9-5-16(2)6-10-18/h3-14,32-33H,1-2H3,(H3,29,31,36). The monoisotopic (exact) mass is 665 g/mol. The largest absolute Gasteiger partial charge is 0.350 e. The van der Waals surface area contributed by atoms with Gasteiger partial charge >= 0.3 is 6.03 Å². The second kappa shape index (κ2) is 11.6. The molecule has 0 atom stereocenters. The number of hydrogen-bond donors (Lipinski definition) is 4. The minimum Gasteiger partial charge on any atom is -0.350 e. The number of hydrogen-bond acceptors (Lipinski definition) is 10. The van der Waals surface area contributed by atoms with Crippen molar-refractivity contribution >= 4 is 54.5 Å². The third-order valence-corrected chi connectivity index (χ3v) is 9.56. The molecule has 0 saturated carbocycles. The fourth-order valence-corrected chi connectivity index (χ4v) is 6.96. The highest BCUT2D eigenvalue weighted by molar-refractivity contribution is 7.93. The molecule has 1 aliphatic rings. The number of sulfonamides is 2. The van der Waals surface area contributed by atoms with Gasteiger partial charge in [-0.3, -0.25) is 29.7 Å². The number of urea groups is 1. The Labute approximate surface area is 261 Å². The highest BCUT2D eigenvalue weighted by Crippen LogP contribution is 2.49. The van der Waals surface area contributed by atoms with Crippen molar-refractivity contribution in [1.82, 2.24) is 5.43 Å². The van der Waals surface area contributed by atoms with E-state index in [4.69, 9.17) is 5.73 Å². The fraction of sp³-hybridized carbons (Fsp3) is 0.0714. The lowest BCUT2D eigenvalue weighted by Gasteiger charge is -2.11. The third-order valence-electron chi connectivity index (χ3n) is 6.84. The van der Waals surface area contributed by atoms with Gasteiger partial charge in [-0.05, 0) is 50.2 Å². The lowest BCUT2D eigenvalue weighted by atomic mass is 10.0. The molecule has 0 fully saturated rings. The summed E-state index contributed by atoms with van der Waals surface area (Å²) in [6.07, 6.45) is 0. The van der Waals surface area contributed by atoms with E-state index >= 15 is 0 Å². The van der Waals surface area contributed by atoms with Crippen molar-refractivity contribution in [1.29, 1.82) is 0 Å². The van der Waals surface area contributed by atoms with Crippen LogP contribution in [0.4, 0.5) is 27.5 Å². The van der Waals surface area contributed by atoms with Gasteiger partial charge in [-0.15, -0.1) is 0 Å². The number of nitro benzene ring substituents is 2. The van der Waals surface area contributed by atoms with Crippen LogP contribution in [0.3, 0.4) is 0 Å². The number of nitrogens with two attached hydrogens (primary N) is 1. The zero-order valence-electron chi connectivity index (χ0n) is 23.8. The quantitative estimate of drug-likeness (QED) is 0.130. The summed E-state index contributed by atoms with van der Waals surface area (Å²) in [5.41, 5.74) is 5.50. The van der Waals surface area contributed by atoms with E-state index in [-0.39, 0.29) is 22.5 Å². The highest BCUT2D eigenvalue weighted by Gasteiger charge is 2.41. The Balaban J connectivity index is 1.75. The van der Waals surface area contributed by atoms with Gasteiger partial charge in [0.15, 0.2) is 0 Å². The van der Waals surface area contributed by atoms with Crippen molar-refractivity contribution < 1.29 is 31.5 Å². The molecule has 0 aliphatic heterocycles. The van der Waals surface area contributed by atoms with Crippen LogP contribution >= 0.6 is 0 Å². The molecule has 16 nitrogen and oxygen atoms in total. The molecule has 0 spiro atoms. The van der Waals surface area contributed by atoms with Gasteiger partial charge in [-0.1, -0.05) is 35.4 Å². The van der Waals surface area contributed by atoms with Crippen molar-refractivity contribution in [2.75, 3.05) is 9.44 Å². The summed E-state index contributed by atoms with van der Waals surface area (Å²) in [6.45, 7) is 3.57. The first kappa shape index (κ1) is 31.5. The molecule has 0 saturated heterocycles. The van der Waals surface area contributed by atoms with Crippen molar-refractivity contribution in [3.63, 3.8) is 0 Å². The number of carbonyl (C=O) groups is 1. The molecular formula is C28H23N7O9S2. The van der Waals surface area contributed by atoms with E-state index in [0.717, 1.165) is 35.4 Å².